The molecule has 0 saturated heterocycles. The number of aromatic nitrogens is 8. The first-order valence-corrected chi connectivity index (χ1v) is 13.7. The van der Waals surface area contributed by atoms with E-state index in [1.54, 1.807) is 4.57 Å². The molecule has 3 aromatic carbocycles. The molecule has 6 rings (SSSR count). The second-order valence-corrected chi connectivity index (χ2v) is 10.3. The number of hydrogen-bond acceptors (Lipinski definition) is 6. The zero-order valence-electron chi connectivity index (χ0n) is 23.2. The van der Waals surface area contributed by atoms with Crippen LogP contribution in [-0.4, -0.2) is 39.3 Å². The van der Waals surface area contributed by atoms with Crippen LogP contribution in [0.15, 0.2) is 88.5 Å². The Morgan fingerprint density at radius 3 is 2.27 bits per heavy atom. The fraction of sp³-hybridized carbons (Fsp3) is 0.226. The minimum absolute atomic E-state index is 0.000944. The molecule has 0 unspecified atom stereocenters. The van der Waals surface area contributed by atoms with E-state index in [9.17, 15) is 9.59 Å². The fourth-order valence-corrected chi connectivity index (χ4v) is 5.28. The summed E-state index contributed by atoms with van der Waals surface area (Å²) in [7, 11) is 0. The largest absolute Gasteiger partial charge is 0.337 e. The van der Waals surface area contributed by atoms with E-state index in [2.05, 4.69) is 20.6 Å². The van der Waals surface area contributed by atoms with Crippen LogP contribution in [-0.2, 0) is 13.1 Å². The third-order valence-corrected chi connectivity index (χ3v) is 7.13. The standard InChI is InChI=1S/C31H30N8O2/c1-4-17-37-30(40)26-29(39(31(37)41)23-13-9-6-10-14-23)32-28(20(2)3)38(26)19-21-15-16-24(22-11-7-5-8-12-22)25(18-21)27-33-35-36-34-27/h5-16,18,20H,4,17,19H2,1-3H3,(H,33,34,35,36). The summed E-state index contributed by atoms with van der Waals surface area (Å²) >= 11 is 0. The van der Waals surface area contributed by atoms with E-state index >= 15 is 0 Å². The SMILES string of the molecule is CCCn1c(=O)c2c(nc(C(C)C)n2Cc2ccc(-c3ccccc3)c(-c3nn[nH]n3)c2)n(-c2ccccc2)c1=O. The fourth-order valence-electron chi connectivity index (χ4n) is 5.28. The minimum Gasteiger partial charge on any atom is -0.317 e. The van der Waals surface area contributed by atoms with Gasteiger partial charge in [0.2, 0.25) is 5.82 Å². The number of hydrogen-bond donors (Lipinski definition) is 1. The molecule has 206 valence electrons. The molecule has 0 radical (unpaired) electrons. The van der Waals surface area contributed by atoms with Gasteiger partial charge in [-0.1, -0.05) is 81.4 Å². The van der Waals surface area contributed by atoms with Gasteiger partial charge in [-0.15, -0.1) is 10.2 Å². The van der Waals surface area contributed by atoms with Crippen LogP contribution in [0.2, 0.25) is 0 Å². The third kappa shape index (κ3) is 4.67. The van der Waals surface area contributed by atoms with Crippen LogP contribution in [0, 0.1) is 0 Å². The number of benzene rings is 3. The monoisotopic (exact) mass is 546 g/mol. The number of para-hydroxylation sites is 1. The molecule has 0 aliphatic heterocycles. The molecule has 0 aliphatic carbocycles. The molecule has 0 atom stereocenters. The van der Waals surface area contributed by atoms with Crippen LogP contribution >= 0.6 is 0 Å². The van der Waals surface area contributed by atoms with Crippen molar-refractivity contribution in [2.75, 3.05) is 0 Å². The molecule has 10 nitrogen and oxygen atoms in total. The second-order valence-electron chi connectivity index (χ2n) is 10.3. The third-order valence-electron chi connectivity index (χ3n) is 7.13. The molecule has 0 saturated carbocycles. The van der Waals surface area contributed by atoms with Crippen LogP contribution in [0.25, 0.3) is 39.4 Å². The van der Waals surface area contributed by atoms with Crippen molar-refractivity contribution in [2.24, 2.45) is 0 Å². The highest BCUT2D eigenvalue weighted by Gasteiger charge is 2.24. The molecule has 10 heteroatoms. The summed E-state index contributed by atoms with van der Waals surface area (Å²) in [4.78, 5) is 32.5. The maximum Gasteiger partial charge on any atom is 0.337 e. The maximum atomic E-state index is 13.9. The van der Waals surface area contributed by atoms with Crippen molar-refractivity contribution in [3.05, 3.63) is 111 Å². The molecule has 3 heterocycles. The van der Waals surface area contributed by atoms with Gasteiger partial charge >= 0.3 is 5.69 Å². The smallest absolute Gasteiger partial charge is 0.317 e. The van der Waals surface area contributed by atoms with Crippen LogP contribution in [0.1, 0.15) is 44.5 Å². The number of fused-ring (bicyclic) bond motifs is 1. The number of H-pyrrole nitrogens is 1. The van der Waals surface area contributed by atoms with Crippen molar-refractivity contribution in [2.45, 2.75) is 46.2 Å². The van der Waals surface area contributed by atoms with Gasteiger partial charge < -0.3 is 4.57 Å². The van der Waals surface area contributed by atoms with Crippen molar-refractivity contribution in [1.29, 1.82) is 0 Å². The van der Waals surface area contributed by atoms with Crippen molar-refractivity contribution < 1.29 is 0 Å². The predicted molar refractivity (Wildman–Crippen MR) is 158 cm³/mol. The lowest BCUT2D eigenvalue weighted by atomic mass is 9.97. The van der Waals surface area contributed by atoms with Gasteiger partial charge in [-0.05, 0) is 46.5 Å². The summed E-state index contributed by atoms with van der Waals surface area (Å²) in [5.74, 6) is 1.21. The minimum atomic E-state index is -0.387. The molecule has 3 aromatic heterocycles. The van der Waals surface area contributed by atoms with Crippen molar-refractivity contribution in [3.8, 4) is 28.2 Å². The Hall–Kier alpha value is -5.12. The van der Waals surface area contributed by atoms with Gasteiger partial charge in [0.15, 0.2) is 11.2 Å². The van der Waals surface area contributed by atoms with Gasteiger partial charge in [0.1, 0.15) is 5.82 Å². The number of aromatic amines is 1. The molecular weight excluding hydrogens is 516 g/mol. The highest BCUT2D eigenvalue weighted by atomic mass is 16.2. The van der Waals surface area contributed by atoms with Gasteiger partial charge in [0.25, 0.3) is 5.56 Å². The van der Waals surface area contributed by atoms with E-state index in [0.717, 1.165) is 28.1 Å². The number of rotatable bonds is 8. The van der Waals surface area contributed by atoms with Crippen LogP contribution in [0.5, 0.6) is 0 Å². The van der Waals surface area contributed by atoms with Crippen molar-refractivity contribution in [1.82, 2.24) is 39.3 Å². The van der Waals surface area contributed by atoms with Crippen LogP contribution in [0.3, 0.4) is 0 Å². The lowest BCUT2D eigenvalue weighted by Crippen LogP contribution is -2.40. The second kappa shape index (κ2) is 10.8. The zero-order valence-corrected chi connectivity index (χ0v) is 23.2. The Kier molecular flexibility index (Phi) is 6.88. The molecule has 0 fully saturated rings. The highest BCUT2D eigenvalue weighted by Crippen LogP contribution is 2.32. The van der Waals surface area contributed by atoms with Gasteiger partial charge in [-0.25, -0.2) is 14.3 Å². The van der Waals surface area contributed by atoms with E-state index in [-0.39, 0.29) is 17.2 Å². The summed E-state index contributed by atoms with van der Waals surface area (Å²) in [6, 6.07) is 25.5. The van der Waals surface area contributed by atoms with Crippen LogP contribution in [0.4, 0.5) is 0 Å². The molecule has 0 aliphatic rings. The lowest BCUT2D eigenvalue weighted by molar-refractivity contribution is 0.603. The Bertz CT molecular complexity index is 1940. The topological polar surface area (TPSA) is 116 Å². The number of imidazole rings is 1. The first kappa shape index (κ1) is 26.1. The van der Waals surface area contributed by atoms with Crippen LogP contribution < -0.4 is 11.2 Å². The van der Waals surface area contributed by atoms with Gasteiger partial charge in [-0.3, -0.25) is 9.36 Å². The van der Waals surface area contributed by atoms with E-state index in [1.165, 1.54) is 4.57 Å². The predicted octanol–water partition coefficient (Wildman–Crippen LogP) is 4.78. The number of nitrogens with zero attached hydrogens (tertiary/aromatic N) is 7. The maximum absolute atomic E-state index is 13.9. The summed E-state index contributed by atoms with van der Waals surface area (Å²) in [5, 5.41) is 14.8. The summed E-state index contributed by atoms with van der Waals surface area (Å²) < 4.78 is 4.82. The van der Waals surface area contributed by atoms with Crippen molar-refractivity contribution >= 4 is 11.2 Å². The summed E-state index contributed by atoms with van der Waals surface area (Å²) in [5.41, 5.74) is 4.47. The molecule has 1 N–H and O–H groups in total. The molecule has 0 amide bonds. The first-order chi connectivity index (χ1) is 20.0. The zero-order chi connectivity index (χ0) is 28.5. The van der Waals surface area contributed by atoms with Gasteiger partial charge in [-0.2, -0.15) is 5.21 Å². The Morgan fingerprint density at radius 2 is 1.61 bits per heavy atom. The van der Waals surface area contributed by atoms with E-state index in [4.69, 9.17) is 4.98 Å². The quantitative estimate of drug-likeness (QED) is 0.294. The number of tetrazole rings is 1. The average molecular weight is 547 g/mol. The highest BCUT2D eigenvalue weighted by molar-refractivity contribution is 5.81. The Morgan fingerprint density at radius 1 is 0.878 bits per heavy atom. The lowest BCUT2D eigenvalue weighted by Gasteiger charge is -2.15. The Balaban J connectivity index is 1.59. The molecule has 6 aromatic rings. The normalized spacial score (nSPS) is 11.5. The van der Waals surface area contributed by atoms with Gasteiger partial charge in [0.05, 0.1) is 5.69 Å². The molecule has 0 spiro atoms. The first-order valence-electron chi connectivity index (χ1n) is 13.7. The summed E-state index contributed by atoms with van der Waals surface area (Å²) in [6.45, 7) is 6.72. The van der Waals surface area contributed by atoms with E-state index in [1.807, 2.05) is 104 Å². The molecular formula is C31H30N8O2. The number of nitrogens with one attached hydrogen (secondary N) is 1. The van der Waals surface area contributed by atoms with E-state index < -0.39 is 0 Å². The Labute approximate surface area is 235 Å². The van der Waals surface area contributed by atoms with E-state index in [0.29, 0.717) is 42.2 Å². The molecule has 0 bridgehead atoms. The van der Waals surface area contributed by atoms with Crippen molar-refractivity contribution in [3.63, 3.8) is 0 Å². The average Bonchev–Trinajstić information content (AvgIpc) is 3.66. The molecule has 41 heavy (non-hydrogen) atoms. The van der Waals surface area contributed by atoms with Gasteiger partial charge in [0, 0.05) is 24.6 Å². The summed E-state index contributed by atoms with van der Waals surface area (Å²) in [6.07, 6.45) is 0.648.